The van der Waals surface area contributed by atoms with Gasteiger partial charge in [0, 0.05) is 22.8 Å². The van der Waals surface area contributed by atoms with Crippen LogP contribution in [0.25, 0.3) is 11.1 Å². The molecule has 5 nitrogen and oxygen atoms in total. The molecular formula is C17H15NO4S. The molecular weight excluding hydrogens is 314 g/mol. The van der Waals surface area contributed by atoms with Crippen LogP contribution < -0.4 is 0 Å². The minimum absolute atomic E-state index is 0.0303. The van der Waals surface area contributed by atoms with Crippen molar-refractivity contribution < 1.29 is 18.2 Å². The van der Waals surface area contributed by atoms with Gasteiger partial charge in [0.1, 0.15) is 5.52 Å². The zero-order valence-corrected chi connectivity index (χ0v) is 13.3. The second-order valence-electron chi connectivity index (χ2n) is 5.07. The molecule has 0 radical (unpaired) electrons. The molecule has 118 valence electrons. The van der Waals surface area contributed by atoms with Crippen molar-refractivity contribution >= 4 is 27.9 Å². The smallest absolute Gasteiger partial charge is 0.338 e. The van der Waals surface area contributed by atoms with E-state index in [-0.39, 0.29) is 6.61 Å². The summed E-state index contributed by atoms with van der Waals surface area (Å²) in [7, 11) is -0.958. The van der Waals surface area contributed by atoms with Crippen LogP contribution in [0.5, 0.6) is 0 Å². The third kappa shape index (κ3) is 3.84. The number of hydrogen-bond donors (Lipinski definition) is 0. The number of carbonyl (C=O) groups excluding carboxylic acids is 1. The average Bonchev–Trinajstić information content (AvgIpc) is 2.95. The molecule has 3 aromatic rings. The van der Waals surface area contributed by atoms with Crippen molar-refractivity contribution in [2.75, 3.05) is 6.26 Å². The topological polar surface area (TPSA) is 69.4 Å². The summed E-state index contributed by atoms with van der Waals surface area (Å²) in [6.45, 7) is -0.0303. The van der Waals surface area contributed by atoms with E-state index in [1.165, 1.54) is 0 Å². The lowest BCUT2D eigenvalue weighted by Crippen LogP contribution is -2.06. The van der Waals surface area contributed by atoms with Gasteiger partial charge in [-0.1, -0.05) is 24.3 Å². The number of oxazole rings is 1. The van der Waals surface area contributed by atoms with Crippen molar-refractivity contribution in [3.63, 3.8) is 0 Å². The number of nitrogens with zero attached hydrogens (tertiary/aromatic N) is 1. The van der Waals surface area contributed by atoms with Gasteiger partial charge >= 0.3 is 5.97 Å². The van der Waals surface area contributed by atoms with Gasteiger partial charge < -0.3 is 9.15 Å². The normalized spacial score (nSPS) is 12.2. The van der Waals surface area contributed by atoms with Gasteiger partial charge in [-0.3, -0.25) is 4.21 Å². The van der Waals surface area contributed by atoms with E-state index >= 15 is 0 Å². The highest BCUT2D eigenvalue weighted by Gasteiger charge is 2.11. The van der Waals surface area contributed by atoms with Crippen LogP contribution in [0, 0.1) is 0 Å². The van der Waals surface area contributed by atoms with Gasteiger partial charge in [0.2, 0.25) is 5.89 Å². The second-order valence-corrected chi connectivity index (χ2v) is 6.50. The third-order valence-corrected chi connectivity index (χ3v) is 3.94. The fraction of sp³-hybridized carbons (Fsp3) is 0.176. The lowest BCUT2D eigenvalue weighted by atomic mass is 10.1. The summed E-state index contributed by atoms with van der Waals surface area (Å²) in [5.41, 5.74) is 2.64. The van der Waals surface area contributed by atoms with Crippen LogP contribution in [-0.2, 0) is 27.9 Å². The van der Waals surface area contributed by atoms with Crippen LogP contribution in [0.15, 0.2) is 52.9 Å². The van der Waals surface area contributed by atoms with E-state index in [1.54, 1.807) is 24.5 Å². The number of fused-ring (bicyclic) bond motifs is 1. The molecule has 1 atom stereocenters. The zero-order chi connectivity index (χ0) is 16.2. The van der Waals surface area contributed by atoms with Crippen molar-refractivity contribution in [2.24, 2.45) is 0 Å². The molecule has 1 heterocycles. The molecule has 0 aliphatic carbocycles. The zero-order valence-electron chi connectivity index (χ0n) is 12.5. The SMILES string of the molecule is C[S@](=O)Cc1cccc(C(=O)OCc2nc3ccccc3o2)c1. The fourth-order valence-corrected chi connectivity index (χ4v) is 2.86. The predicted molar refractivity (Wildman–Crippen MR) is 87.3 cm³/mol. The van der Waals surface area contributed by atoms with Crippen LogP contribution in [-0.4, -0.2) is 21.4 Å². The summed E-state index contributed by atoms with van der Waals surface area (Å²) in [5.74, 6) is 0.299. The van der Waals surface area contributed by atoms with Crippen LogP contribution in [0.2, 0.25) is 0 Å². The standard InChI is InChI=1S/C17H15NO4S/c1-23(20)11-12-5-4-6-13(9-12)17(19)21-10-16-18-14-7-2-3-8-15(14)22-16/h2-9H,10-11H2,1H3/t23-/m0/s1. The van der Waals surface area contributed by atoms with Crippen molar-refractivity contribution in [2.45, 2.75) is 12.4 Å². The molecule has 0 fully saturated rings. The first-order valence-corrected chi connectivity index (χ1v) is 8.75. The van der Waals surface area contributed by atoms with Crippen LogP contribution in [0.1, 0.15) is 21.8 Å². The highest BCUT2D eigenvalue weighted by Crippen LogP contribution is 2.16. The van der Waals surface area contributed by atoms with E-state index in [9.17, 15) is 9.00 Å². The maximum absolute atomic E-state index is 12.1. The summed E-state index contributed by atoms with van der Waals surface area (Å²) in [6, 6.07) is 14.3. The van der Waals surface area contributed by atoms with E-state index in [1.807, 2.05) is 30.3 Å². The second kappa shape index (κ2) is 6.75. The molecule has 0 aliphatic heterocycles. The first-order chi connectivity index (χ1) is 11.1. The Labute approximate surface area is 135 Å². The van der Waals surface area contributed by atoms with Gasteiger partial charge in [-0.15, -0.1) is 0 Å². The highest BCUT2D eigenvalue weighted by molar-refractivity contribution is 7.83. The maximum atomic E-state index is 12.1. The minimum atomic E-state index is -0.958. The van der Waals surface area contributed by atoms with Crippen molar-refractivity contribution in [3.05, 3.63) is 65.5 Å². The first kappa shape index (κ1) is 15.4. The summed E-state index contributed by atoms with van der Waals surface area (Å²) < 4.78 is 22.0. The molecule has 0 aliphatic rings. The lowest BCUT2D eigenvalue weighted by molar-refractivity contribution is 0.0440. The van der Waals surface area contributed by atoms with Gasteiger partial charge in [-0.2, -0.15) is 0 Å². The number of hydrogen-bond acceptors (Lipinski definition) is 5. The quantitative estimate of drug-likeness (QED) is 0.673. The summed E-state index contributed by atoms with van der Waals surface area (Å²) in [5, 5.41) is 0. The Morgan fingerprint density at radius 2 is 2.04 bits per heavy atom. The summed E-state index contributed by atoms with van der Waals surface area (Å²) in [4.78, 5) is 16.4. The molecule has 1 aromatic heterocycles. The molecule has 0 bridgehead atoms. The van der Waals surface area contributed by atoms with Crippen molar-refractivity contribution in [1.29, 1.82) is 0 Å². The lowest BCUT2D eigenvalue weighted by Gasteiger charge is -2.04. The van der Waals surface area contributed by atoms with E-state index in [0.717, 1.165) is 11.1 Å². The van der Waals surface area contributed by atoms with Gasteiger partial charge in [0.05, 0.1) is 5.56 Å². The number of aromatic nitrogens is 1. The summed E-state index contributed by atoms with van der Waals surface area (Å²) >= 11 is 0. The number of ether oxygens (including phenoxy) is 1. The Morgan fingerprint density at radius 1 is 1.22 bits per heavy atom. The van der Waals surface area contributed by atoms with E-state index in [0.29, 0.717) is 22.8 Å². The van der Waals surface area contributed by atoms with E-state index in [2.05, 4.69) is 4.98 Å². The molecule has 0 spiro atoms. The Balaban J connectivity index is 1.68. The monoisotopic (exact) mass is 329 g/mol. The molecule has 23 heavy (non-hydrogen) atoms. The van der Waals surface area contributed by atoms with E-state index in [4.69, 9.17) is 9.15 Å². The largest absolute Gasteiger partial charge is 0.452 e. The summed E-state index contributed by atoms with van der Waals surface area (Å²) in [6.07, 6.45) is 1.62. The molecule has 0 saturated carbocycles. The number of carbonyl (C=O) groups is 1. The Morgan fingerprint density at radius 3 is 2.83 bits per heavy atom. The number of benzene rings is 2. The fourth-order valence-electron chi connectivity index (χ4n) is 2.22. The highest BCUT2D eigenvalue weighted by atomic mass is 32.2. The van der Waals surface area contributed by atoms with Crippen LogP contribution >= 0.6 is 0 Å². The Kier molecular flexibility index (Phi) is 4.52. The minimum Gasteiger partial charge on any atom is -0.452 e. The van der Waals surface area contributed by atoms with Crippen molar-refractivity contribution in [3.8, 4) is 0 Å². The van der Waals surface area contributed by atoms with Crippen molar-refractivity contribution in [1.82, 2.24) is 4.98 Å². The average molecular weight is 329 g/mol. The molecule has 0 unspecified atom stereocenters. The third-order valence-electron chi connectivity index (χ3n) is 3.20. The number of rotatable bonds is 5. The molecule has 0 saturated heterocycles. The van der Waals surface area contributed by atoms with Gasteiger partial charge in [0.15, 0.2) is 12.2 Å². The first-order valence-electron chi connectivity index (χ1n) is 7.02. The molecule has 3 rings (SSSR count). The predicted octanol–water partition coefficient (Wildman–Crippen LogP) is 3.06. The molecule has 6 heteroatoms. The molecule has 0 N–H and O–H groups in total. The number of para-hydroxylation sites is 2. The maximum Gasteiger partial charge on any atom is 0.338 e. The van der Waals surface area contributed by atoms with Crippen LogP contribution in [0.3, 0.4) is 0 Å². The van der Waals surface area contributed by atoms with Gasteiger partial charge in [0.25, 0.3) is 0 Å². The van der Waals surface area contributed by atoms with Crippen LogP contribution in [0.4, 0.5) is 0 Å². The Hall–Kier alpha value is -2.47. The van der Waals surface area contributed by atoms with E-state index < -0.39 is 16.8 Å². The van der Waals surface area contributed by atoms with Gasteiger partial charge in [-0.25, -0.2) is 9.78 Å². The molecule has 2 aromatic carbocycles. The Bertz CT molecular complexity index is 839. The number of esters is 1. The van der Waals surface area contributed by atoms with Gasteiger partial charge in [-0.05, 0) is 29.8 Å². The molecule has 0 amide bonds.